The molecule has 1 aliphatic rings. The third-order valence-electron chi connectivity index (χ3n) is 4.47. The summed E-state index contributed by atoms with van der Waals surface area (Å²) in [5.74, 6) is 0.895. The molecule has 0 aromatic heterocycles. The molecule has 0 aliphatic heterocycles. The molecule has 0 amide bonds. The van der Waals surface area contributed by atoms with Crippen molar-refractivity contribution in [1.82, 2.24) is 15.5 Å². The highest BCUT2D eigenvalue weighted by Crippen LogP contribution is 2.19. The molecule has 1 aromatic rings. The summed E-state index contributed by atoms with van der Waals surface area (Å²) >= 11 is 0. The smallest absolute Gasteiger partial charge is 0.191 e. The molecule has 4 heteroatoms. The summed E-state index contributed by atoms with van der Waals surface area (Å²) in [6, 6.07) is 11.6. The summed E-state index contributed by atoms with van der Waals surface area (Å²) in [5.41, 5.74) is 1.35. The first-order chi connectivity index (χ1) is 11.3. The number of benzene rings is 1. The molecule has 0 spiro atoms. The zero-order valence-corrected chi connectivity index (χ0v) is 14.6. The summed E-state index contributed by atoms with van der Waals surface area (Å²) < 4.78 is 0. The molecule has 1 atom stereocenters. The van der Waals surface area contributed by atoms with Crippen molar-refractivity contribution < 1.29 is 0 Å². The maximum Gasteiger partial charge on any atom is 0.191 e. The van der Waals surface area contributed by atoms with Gasteiger partial charge in [-0.05, 0) is 31.5 Å². The van der Waals surface area contributed by atoms with E-state index in [1.807, 2.05) is 7.05 Å². The van der Waals surface area contributed by atoms with Gasteiger partial charge >= 0.3 is 0 Å². The second kappa shape index (κ2) is 9.36. The highest BCUT2D eigenvalue weighted by Gasteiger charge is 2.19. The number of likely N-dealkylation sites (N-methyl/N-ethyl adjacent to an activating group) is 1. The quantitative estimate of drug-likeness (QED) is 0.462. The van der Waals surface area contributed by atoms with Crippen molar-refractivity contribution in [2.75, 3.05) is 26.7 Å². The Bertz CT molecular complexity index is 497. The van der Waals surface area contributed by atoms with Crippen LogP contribution >= 0.6 is 0 Å². The Morgan fingerprint density at radius 2 is 1.83 bits per heavy atom. The second-order valence-electron chi connectivity index (χ2n) is 5.88. The molecule has 0 fully saturated rings. The Kier molecular flexibility index (Phi) is 7.14. The Hall–Kier alpha value is -1.81. The van der Waals surface area contributed by atoms with E-state index in [0.29, 0.717) is 12.1 Å². The molecule has 0 saturated carbocycles. The Morgan fingerprint density at radius 1 is 1.17 bits per heavy atom. The van der Waals surface area contributed by atoms with Crippen molar-refractivity contribution in [2.45, 2.75) is 38.8 Å². The molecule has 0 radical (unpaired) electrons. The summed E-state index contributed by atoms with van der Waals surface area (Å²) in [6.45, 7) is 7.37. The Labute approximate surface area is 140 Å². The fourth-order valence-electron chi connectivity index (χ4n) is 3.11. The monoisotopic (exact) mass is 314 g/mol. The van der Waals surface area contributed by atoms with E-state index < -0.39 is 0 Å². The third-order valence-corrected chi connectivity index (χ3v) is 4.47. The summed E-state index contributed by atoms with van der Waals surface area (Å²) in [6.07, 6.45) is 6.62. The van der Waals surface area contributed by atoms with Gasteiger partial charge in [0.2, 0.25) is 0 Å². The molecule has 23 heavy (non-hydrogen) atoms. The minimum atomic E-state index is 0.353. The minimum Gasteiger partial charge on any atom is -0.354 e. The van der Waals surface area contributed by atoms with Crippen molar-refractivity contribution in [3.63, 3.8) is 0 Å². The lowest BCUT2D eigenvalue weighted by atomic mass is 10.1. The fraction of sp³-hybridized carbons (Fsp3) is 0.526. The molecule has 0 saturated heterocycles. The predicted octanol–water partition coefficient (Wildman–Crippen LogP) is 2.95. The van der Waals surface area contributed by atoms with Gasteiger partial charge in [0.1, 0.15) is 0 Å². The van der Waals surface area contributed by atoms with Crippen LogP contribution in [0.5, 0.6) is 0 Å². The standard InChI is InChI=1S/C19H30N4/c1-4-23(5-2)18(16-11-7-6-8-12-16)15-21-19(20-3)22-17-13-9-10-14-17/h6-12,17-18H,4-5,13-15H2,1-3H3,(H2,20,21,22). The van der Waals surface area contributed by atoms with Gasteiger partial charge < -0.3 is 10.6 Å². The van der Waals surface area contributed by atoms with Crippen LogP contribution in [-0.2, 0) is 0 Å². The number of hydrogen-bond acceptors (Lipinski definition) is 2. The van der Waals surface area contributed by atoms with E-state index in [2.05, 4.69) is 76.9 Å². The molecule has 2 N–H and O–H groups in total. The Morgan fingerprint density at radius 3 is 2.39 bits per heavy atom. The average molecular weight is 314 g/mol. The van der Waals surface area contributed by atoms with E-state index in [1.54, 1.807) is 0 Å². The van der Waals surface area contributed by atoms with Crippen LogP contribution in [0.3, 0.4) is 0 Å². The lowest BCUT2D eigenvalue weighted by Gasteiger charge is -2.31. The first-order valence-corrected chi connectivity index (χ1v) is 8.69. The molecule has 4 nitrogen and oxygen atoms in total. The maximum absolute atomic E-state index is 4.38. The Balaban J connectivity index is 1.99. The maximum atomic E-state index is 4.38. The van der Waals surface area contributed by atoms with E-state index in [9.17, 15) is 0 Å². The number of aliphatic imine (C=N–C) groups is 1. The SMILES string of the molecule is CCN(CC)C(CNC(=NC)NC1CC=CC1)c1ccccc1. The van der Waals surface area contributed by atoms with Crippen molar-refractivity contribution in [2.24, 2.45) is 4.99 Å². The molecule has 1 unspecified atom stereocenters. The van der Waals surface area contributed by atoms with Crippen LogP contribution in [0.2, 0.25) is 0 Å². The van der Waals surface area contributed by atoms with Gasteiger partial charge in [0.25, 0.3) is 0 Å². The third kappa shape index (κ3) is 5.10. The van der Waals surface area contributed by atoms with Gasteiger partial charge in [0, 0.05) is 19.6 Å². The van der Waals surface area contributed by atoms with E-state index >= 15 is 0 Å². The molecule has 1 aliphatic carbocycles. The van der Waals surface area contributed by atoms with Crippen LogP contribution in [0.4, 0.5) is 0 Å². The zero-order valence-electron chi connectivity index (χ0n) is 14.6. The summed E-state index contributed by atoms with van der Waals surface area (Å²) in [4.78, 5) is 6.86. The molecular formula is C19H30N4. The number of guanidine groups is 1. The van der Waals surface area contributed by atoms with E-state index in [-0.39, 0.29) is 0 Å². The van der Waals surface area contributed by atoms with Crippen LogP contribution in [0, 0.1) is 0 Å². The molecule has 0 heterocycles. The van der Waals surface area contributed by atoms with Gasteiger partial charge in [-0.1, -0.05) is 56.3 Å². The largest absolute Gasteiger partial charge is 0.354 e. The first kappa shape index (κ1) is 17.5. The van der Waals surface area contributed by atoms with Gasteiger partial charge in [0.05, 0.1) is 6.04 Å². The van der Waals surface area contributed by atoms with Gasteiger partial charge in [-0.3, -0.25) is 9.89 Å². The normalized spacial score (nSPS) is 16.8. The summed E-state index contributed by atoms with van der Waals surface area (Å²) in [7, 11) is 1.84. The fourth-order valence-corrected chi connectivity index (χ4v) is 3.11. The number of nitrogens with one attached hydrogen (secondary N) is 2. The van der Waals surface area contributed by atoms with Gasteiger partial charge in [-0.15, -0.1) is 0 Å². The average Bonchev–Trinajstić information content (AvgIpc) is 3.11. The van der Waals surface area contributed by atoms with Gasteiger partial charge in [0.15, 0.2) is 5.96 Å². The molecule has 1 aromatic carbocycles. The summed E-state index contributed by atoms with van der Waals surface area (Å²) in [5, 5.41) is 7.02. The highest BCUT2D eigenvalue weighted by atomic mass is 15.2. The van der Waals surface area contributed by atoms with Crippen LogP contribution in [0.1, 0.15) is 38.3 Å². The number of nitrogens with zero attached hydrogens (tertiary/aromatic N) is 2. The minimum absolute atomic E-state index is 0.353. The lowest BCUT2D eigenvalue weighted by molar-refractivity contribution is 0.219. The predicted molar refractivity (Wildman–Crippen MR) is 98.8 cm³/mol. The van der Waals surface area contributed by atoms with Crippen molar-refractivity contribution in [3.8, 4) is 0 Å². The van der Waals surface area contributed by atoms with Crippen LogP contribution < -0.4 is 10.6 Å². The van der Waals surface area contributed by atoms with E-state index in [1.165, 1.54) is 5.56 Å². The van der Waals surface area contributed by atoms with E-state index in [4.69, 9.17) is 0 Å². The van der Waals surface area contributed by atoms with Crippen molar-refractivity contribution in [1.29, 1.82) is 0 Å². The van der Waals surface area contributed by atoms with Crippen molar-refractivity contribution in [3.05, 3.63) is 48.0 Å². The molecule has 2 rings (SSSR count). The van der Waals surface area contributed by atoms with Crippen LogP contribution in [0.15, 0.2) is 47.5 Å². The van der Waals surface area contributed by atoms with Gasteiger partial charge in [-0.25, -0.2) is 0 Å². The topological polar surface area (TPSA) is 39.7 Å². The molecule has 0 bridgehead atoms. The lowest BCUT2D eigenvalue weighted by Crippen LogP contribution is -2.46. The first-order valence-electron chi connectivity index (χ1n) is 8.69. The number of rotatable bonds is 7. The van der Waals surface area contributed by atoms with E-state index in [0.717, 1.165) is 38.4 Å². The molecule has 126 valence electrons. The zero-order chi connectivity index (χ0) is 16.5. The molecular weight excluding hydrogens is 284 g/mol. The van der Waals surface area contributed by atoms with Gasteiger partial charge in [-0.2, -0.15) is 0 Å². The van der Waals surface area contributed by atoms with Crippen LogP contribution in [-0.4, -0.2) is 43.6 Å². The number of hydrogen-bond donors (Lipinski definition) is 2. The highest BCUT2D eigenvalue weighted by molar-refractivity contribution is 5.80. The van der Waals surface area contributed by atoms with Crippen LogP contribution in [0.25, 0.3) is 0 Å². The van der Waals surface area contributed by atoms with Crippen molar-refractivity contribution >= 4 is 5.96 Å². The second-order valence-corrected chi connectivity index (χ2v) is 5.88.